The minimum Gasteiger partial charge on any atom is -0.327 e. The highest BCUT2D eigenvalue weighted by Gasteiger charge is 2.34. The molecule has 0 aliphatic carbocycles. The SMILES string of the molecule is Cc1ccc(NC(=O)[C@H]2CCCN2C(=O)c2ccc(F)cc2)c(C)c1. The summed E-state index contributed by atoms with van der Waals surface area (Å²) >= 11 is 0. The molecule has 5 heteroatoms. The van der Waals surface area contributed by atoms with E-state index in [1.165, 1.54) is 24.3 Å². The van der Waals surface area contributed by atoms with Crippen LogP contribution in [-0.4, -0.2) is 29.3 Å². The molecule has 1 saturated heterocycles. The monoisotopic (exact) mass is 340 g/mol. The molecule has 130 valence electrons. The van der Waals surface area contributed by atoms with Gasteiger partial charge in [-0.2, -0.15) is 0 Å². The molecule has 1 aliphatic heterocycles. The number of rotatable bonds is 3. The summed E-state index contributed by atoms with van der Waals surface area (Å²) in [7, 11) is 0. The zero-order valence-corrected chi connectivity index (χ0v) is 14.4. The number of halogens is 1. The first kappa shape index (κ1) is 17.1. The fraction of sp³-hybridized carbons (Fsp3) is 0.300. The topological polar surface area (TPSA) is 49.4 Å². The van der Waals surface area contributed by atoms with Crippen LogP contribution >= 0.6 is 0 Å². The molecule has 0 bridgehead atoms. The van der Waals surface area contributed by atoms with Crippen molar-refractivity contribution in [3.05, 3.63) is 65.0 Å². The van der Waals surface area contributed by atoms with Crippen LogP contribution < -0.4 is 5.32 Å². The van der Waals surface area contributed by atoms with Gasteiger partial charge in [-0.3, -0.25) is 9.59 Å². The Morgan fingerprint density at radius 2 is 1.84 bits per heavy atom. The molecule has 0 saturated carbocycles. The van der Waals surface area contributed by atoms with E-state index in [0.29, 0.717) is 18.5 Å². The maximum atomic E-state index is 13.1. The molecule has 1 heterocycles. The Balaban J connectivity index is 1.75. The van der Waals surface area contributed by atoms with E-state index in [1.54, 1.807) is 4.90 Å². The number of carbonyl (C=O) groups excluding carboxylic acids is 2. The molecular weight excluding hydrogens is 319 g/mol. The predicted octanol–water partition coefficient (Wildman–Crippen LogP) is 3.69. The summed E-state index contributed by atoms with van der Waals surface area (Å²) in [4.78, 5) is 26.9. The lowest BCUT2D eigenvalue weighted by atomic mass is 10.1. The van der Waals surface area contributed by atoms with Gasteiger partial charge in [-0.05, 0) is 62.6 Å². The van der Waals surface area contributed by atoms with Gasteiger partial charge >= 0.3 is 0 Å². The molecule has 0 radical (unpaired) electrons. The number of hydrogen-bond acceptors (Lipinski definition) is 2. The molecule has 25 heavy (non-hydrogen) atoms. The van der Waals surface area contributed by atoms with E-state index in [0.717, 1.165) is 23.2 Å². The fourth-order valence-electron chi connectivity index (χ4n) is 3.21. The van der Waals surface area contributed by atoms with Gasteiger partial charge in [-0.25, -0.2) is 4.39 Å². The van der Waals surface area contributed by atoms with Crippen molar-refractivity contribution < 1.29 is 14.0 Å². The Morgan fingerprint density at radius 3 is 2.52 bits per heavy atom. The van der Waals surface area contributed by atoms with Crippen LogP contribution in [0.4, 0.5) is 10.1 Å². The molecule has 2 amide bonds. The molecule has 1 N–H and O–H groups in total. The standard InChI is InChI=1S/C20H21FN2O2/c1-13-5-10-17(14(2)12-13)22-19(24)18-4-3-11-23(18)20(25)15-6-8-16(21)9-7-15/h5-10,12,18H,3-4,11H2,1-2H3,(H,22,24)/t18-/m1/s1. The first-order valence-corrected chi connectivity index (χ1v) is 8.40. The second-order valence-corrected chi connectivity index (χ2v) is 6.47. The first-order chi connectivity index (χ1) is 12.0. The average molecular weight is 340 g/mol. The minimum absolute atomic E-state index is 0.181. The molecule has 1 atom stereocenters. The Bertz CT molecular complexity index is 802. The number of amides is 2. The van der Waals surface area contributed by atoms with E-state index in [-0.39, 0.29) is 17.6 Å². The molecule has 1 fully saturated rings. The van der Waals surface area contributed by atoms with Crippen LogP contribution in [0.5, 0.6) is 0 Å². The molecule has 0 aromatic heterocycles. The third kappa shape index (κ3) is 3.71. The number of likely N-dealkylation sites (tertiary alicyclic amines) is 1. The van der Waals surface area contributed by atoms with Crippen molar-refractivity contribution in [1.82, 2.24) is 4.90 Å². The lowest BCUT2D eigenvalue weighted by molar-refractivity contribution is -0.119. The van der Waals surface area contributed by atoms with Crippen LogP contribution in [0.15, 0.2) is 42.5 Å². The van der Waals surface area contributed by atoms with Gasteiger partial charge in [0, 0.05) is 17.8 Å². The maximum absolute atomic E-state index is 13.1. The number of nitrogens with one attached hydrogen (secondary N) is 1. The third-order valence-electron chi connectivity index (χ3n) is 4.55. The van der Waals surface area contributed by atoms with Gasteiger partial charge in [0.05, 0.1) is 0 Å². The predicted molar refractivity (Wildman–Crippen MR) is 95.0 cm³/mol. The number of nitrogens with zero attached hydrogens (tertiary/aromatic N) is 1. The highest BCUT2D eigenvalue weighted by molar-refractivity contribution is 6.01. The van der Waals surface area contributed by atoms with E-state index in [4.69, 9.17) is 0 Å². The third-order valence-corrected chi connectivity index (χ3v) is 4.55. The van der Waals surface area contributed by atoms with Crippen LogP contribution in [0.1, 0.15) is 34.3 Å². The summed E-state index contributed by atoms with van der Waals surface area (Å²) in [6.07, 6.45) is 1.40. The number of benzene rings is 2. The first-order valence-electron chi connectivity index (χ1n) is 8.40. The molecule has 4 nitrogen and oxygen atoms in total. The largest absolute Gasteiger partial charge is 0.327 e. The maximum Gasteiger partial charge on any atom is 0.254 e. The van der Waals surface area contributed by atoms with Gasteiger partial charge in [-0.15, -0.1) is 0 Å². The van der Waals surface area contributed by atoms with E-state index in [9.17, 15) is 14.0 Å². The Labute approximate surface area is 146 Å². The van der Waals surface area contributed by atoms with Gasteiger partial charge < -0.3 is 10.2 Å². The van der Waals surface area contributed by atoms with Crippen molar-refractivity contribution in [1.29, 1.82) is 0 Å². The smallest absolute Gasteiger partial charge is 0.254 e. The molecule has 3 rings (SSSR count). The van der Waals surface area contributed by atoms with Crippen LogP contribution in [0.2, 0.25) is 0 Å². The summed E-state index contributed by atoms with van der Waals surface area (Å²) in [5.41, 5.74) is 3.27. The molecule has 2 aromatic rings. The Kier molecular flexibility index (Phi) is 4.83. The summed E-state index contributed by atoms with van der Waals surface area (Å²) < 4.78 is 13.1. The number of anilines is 1. The fourth-order valence-corrected chi connectivity index (χ4v) is 3.21. The zero-order chi connectivity index (χ0) is 18.0. The van der Waals surface area contributed by atoms with Crippen molar-refractivity contribution in [3.8, 4) is 0 Å². The summed E-state index contributed by atoms with van der Waals surface area (Å²) in [5.74, 6) is -0.805. The summed E-state index contributed by atoms with van der Waals surface area (Å²) in [5, 5.41) is 2.93. The highest BCUT2D eigenvalue weighted by Crippen LogP contribution is 2.23. The van der Waals surface area contributed by atoms with E-state index >= 15 is 0 Å². The van der Waals surface area contributed by atoms with Crippen molar-refractivity contribution in [2.75, 3.05) is 11.9 Å². The van der Waals surface area contributed by atoms with Gasteiger partial charge in [0.1, 0.15) is 11.9 Å². The zero-order valence-electron chi connectivity index (χ0n) is 14.4. The van der Waals surface area contributed by atoms with Crippen LogP contribution in [0.25, 0.3) is 0 Å². The highest BCUT2D eigenvalue weighted by atomic mass is 19.1. The van der Waals surface area contributed by atoms with Crippen LogP contribution in [-0.2, 0) is 4.79 Å². The van der Waals surface area contributed by atoms with Crippen molar-refractivity contribution in [2.24, 2.45) is 0 Å². The quantitative estimate of drug-likeness (QED) is 0.926. The van der Waals surface area contributed by atoms with Crippen molar-refractivity contribution in [3.63, 3.8) is 0 Å². The van der Waals surface area contributed by atoms with Gasteiger partial charge in [0.15, 0.2) is 0 Å². The molecule has 1 aliphatic rings. The summed E-state index contributed by atoms with van der Waals surface area (Å²) in [6, 6.07) is 10.7. The Morgan fingerprint density at radius 1 is 1.12 bits per heavy atom. The van der Waals surface area contributed by atoms with Gasteiger partial charge in [-0.1, -0.05) is 17.7 Å². The van der Waals surface area contributed by atoms with Gasteiger partial charge in [0.25, 0.3) is 5.91 Å². The number of carbonyl (C=O) groups is 2. The minimum atomic E-state index is -0.502. The van der Waals surface area contributed by atoms with Crippen LogP contribution in [0, 0.1) is 19.7 Å². The van der Waals surface area contributed by atoms with Crippen LogP contribution in [0.3, 0.4) is 0 Å². The lowest BCUT2D eigenvalue weighted by Crippen LogP contribution is -2.43. The molecule has 2 aromatic carbocycles. The van der Waals surface area contributed by atoms with Crippen molar-refractivity contribution >= 4 is 17.5 Å². The lowest BCUT2D eigenvalue weighted by Gasteiger charge is -2.24. The second-order valence-electron chi connectivity index (χ2n) is 6.47. The molecule has 0 unspecified atom stereocenters. The van der Waals surface area contributed by atoms with E-state index in [2.05, 4.69) is 5.32 Å². The Hall–Kier alpha value is -2.69. The second kappa shape index (κ2) is 7.05. The number of aryl methyl sites for hydroxylation is 2. The summed E-state index contributed by atoms with van der Waals surface area (Å²) in [6.45, 7) is 4.47. The number of hydrogen-bond donors (Lipinski definition) is 1. The van der Waals surface area contributed by atoms with E-state index < -0.39 is 6.04 Å². The molecular formula is C20H21FN2O2. The average Bonchev–Trinajstić information content (AvgIpc) is 3.07. The normalized spacial score (nSPS) is 16.8. The van der Waals surface area contributed by atoms with E-state index in [1.807, 2.05) is 32.0 Å². The molecule has 0 spiro atoms. The van der Waals surface area contributed by atoms with Crippen molar-refractivity contribution in [2.45, 2.75) is 32.7 Å². The van der Waals surface area contributed by atoms with Gasteiger partial charge in [0.2, 0.25) is 5.91 Å².